The molecule has 1 rings (SSSR count). The van der Waals surface area contributed by atoms with Crippen molar-refractivity contribution in [2.24, 2.45) is 5.41 Å². The highest BCUT2D eigenvalue weighted by Crippen LogP contribution is 2.23. The van der Waals surface area contributed by atoms with Gasteiger partial charge in [0.05, 0.1) is 19.6 Å². The second kappa shape index (κ2) is 11.4. The van der Waals surface area contributed by atoms with Crippen LogP contribution in [0.1, 0.15) is 45.6 Å². The number of carboxylic acid groups (broad SMARTS) is 1. The van der Waals surface area contributed by atoms with Crippen molar-refractivity contribution in [3.05, 3.63) is 35.9 Å². The summed E-state index contributed by atoms with van der Waals surface area (Å²) in [6.07, 6.45) is 1.68. The lowest BCUT2D eigenvalue weighted by Gasteiger charge is -2.25. The summed E-state index contributed by atoms with van der Waals surface area (Å²) in [6.45, 7) is 6.84. The first-order valence-corrected chi connectivity index (χ1v) is 9.56. The summed E-state index contributed by atoms with van der Waals surface area (Å²) in [5.74, 6) is -2.18. The molecule has 0 bridgehead atoms. The summed E-state index contributed by atoms with van der Waals surface area (Å²) in [6, 6.07) is 7.44. The molecule has 0 aliphatic rings. The van der Waals surface area contributed by atoms with E-state index < -0.39 is 29.9 Å². The maximum absolute atomic E-state index is 12.7. The average molecular weight is 392 g/mol. The van der Waals surface area contributed by atoms with E-state index >= 15 is 0 Å². The number of carbonyl (C=O) groups excluding carboxylic acids is 2. The Kier molecular flexibility index (Phi) is 9.65. The van der Waals surface area contributed by atoms with Crippen LogP contribution >= 0.6 is 0 Å². The van der Waals surface area contributed by atoms with Gasteiger partial charge in [-0.15, -0.1) is 0 Å². The van der Waals surface area contributed by atoms with Crippen molar-refractivity contribution in [3.8, 4) is 0 Å². The molecule has 0 aromatic heterocycles. The largest absolute Gasteiger partial charge is 0.481 e. The van der Waals surface area contributed by atoms with E-state index in [-0.39, 0.29) is 18.3 Å². The van der Waals surface area contributed by atoms with Crippen LogP contribution in [-0.2, 0) is 25.5 Å². The Morgan fingerprint density at radius 3 is 2.32 bits per heavy atom. The highest BCUT2D eigenvalue weighted by atomic mass is 16.5. The smallest absolute Gasteiger partial charge is 0.328 e. The molecule has 0 saturated heterocycles. The minimum atomic E-state index is -1.08. The van der Waals surface area contributed by atoms with Crippen molar-refractivity contribution in [3.63, 3.8) is 0 Å². The first kappa shape index (κ1) is 23.6. The molecule has 7 heteroatoms. The van der Waals surface area contributed by atoms with Crippen molar-refractivity contribution in [1.82, 2.24) is 10.6 Å². The van der Waals surface area contributed by atoms with Gasteiger partial charge < -0.3 is 20.5 Å². The molecule has 0 spiro atoms. The molecule has 156 valence electrons. The van der Waals surface area contributed by atoms with Crippen molar-refractivity contribution >= 4 is 17.8 Å². The standard InChI is InChI=1S/C21H32N2O5/c1-5-21(2,3)11-12-22-16(14-18(24)25)19(26)23-17(20(27)28-4)13-15-9-7-6-8-10-15/h6-10,16-17,22H,5,11-14H2,1-4H3,(H,23,26)(H,24,25). The number of carbonyl (C=O) groups is 3. The molecule has 1 amide bonds. The van der Waals surface area contributed by atoms with E-state index in [2.05, 4.69) is 31.4 Å². The zero-order valence-corrected chi connectivity index (χ0v) is 17.2. The molecule has 0 radical (unpaired) electrons. The third-order valence-electron chi connectivity index (χ3n) is 4.93. The topological polar surface area (TPSA) is 105 Å². The molecule has 3 N–H and O–H groups in total. The lowest BCUT2D eigenvalue weighted by Crippen LogP contribution is -2.52. The maximum atomic E-state index is 12.7. The number of aliphatic carboxylic acids is 1. The van der Waals surface area contributed by atoms with Gasteiger partial charge in [0.25, 0.3) is 0 Å². The van der Waals surface area contributed by atoms with Crippen LogP contribution < -0.4 is 10.6 Å². The molecule has 1 aromatic carbocycles. The molecular formula is C21H32N2O5. The van der Waals surface area contributed by atoms with Crippen LogP contribution in [0.4, 0.5) is 0 Å². The number of hydrogen-bond donors (Lipinski definition) is 3. The van der Waals surface area contributed by atoms with Gasteiger partial charge in [-0.2, -0.15) is 0 Å². The molecule has 1 aromatic rings. The lowest BCUT2D eigenvalue weighted by atomic mass is 9.86. The van der Waals surface area contributed by atoms with Crippen LogP contribution in [0.2, 0.25) is 0 Å². The van der Waals surface area contributed by atoms with Gasteiger partial charge in [-0.05, 0) is 23.9 Å². The second-order valence-electron chi connectivity index (χ2n) is 7.65. The Balaban J connectivity index is 2.80. The third-order valence-corrected chi connectivity index (χ3v) is 4.93. The van der Waals surface area contributed by atoms with E-state index in [0.29, 0.717) is 6.54 Å². The van der Waals surface area contributed by atoms with E-state index in [1.807, 2.05) is 30.3 Å². The minimum Gasteiger partial charge on any atom is -0.481 e. The predicted molar refractivity (Wildman–Crippen MR) is 107 cm³/mol. The molecule has 0 aliphatic carbocycles. The molecule has 0 aliphatic heterocycles. The maximum Gasteiger partial charge on any atom is 0.328 e. The van der Waals surface area contributed by atoms with Crippen LogP contribution in [0.5, 0.6) is 0 Å². The Hall–Kier alpha value is -2.41. The van der Waals surface area contributed by atoms with Gasteiger partial charge in [0, 0.05) is 6.42 Å². The monoisotopic (exact) mass is 392 g/mol. The van der Waals surface area contributed by atoms with Gasteiger partial charge in [-0.1, -0.05) is 57.5 Å². The van der Waals surface area contributed by atoms with Crippen molar-refractivity contribution in [1.29, 1.82) is 0 Å². The number of nitrogens with one attached hydrogen (secondary N) is 2. The van der Waals surface area contributed by atoms with Crippen LogP contribution in [0.3, 0.4) is 0 Å². The Morgan fingerprint density at radius 2 is 1.79 bits per heavy atom. The zero-order chi connectivity index (χ0) is 21.2. The first-order valence-electron chi connectivity index (χ1n) is 9.56. The van der Waals surface area contributed by atoms with Gasteiger partial charge >= 0.3 is 11.9 Å². The van der Waals surface area contributed by atoms with Crippen LogP contribution in [-0.4, -0.2) is 48.7 Å². The van der Waals surface area contributed by atoms with Crippen molar-refractivity contribution < 1.29 is 24.2 Å². The third kappa shape index (κ3) is 8.52. The molecule has 0 saturated carbocycles. The minimum absolute atomic E-state index is 0.0963. The fourth-order valence-corrected chi connectivity index (χ4v) is 2.65. The highest BCUT2D eigenvalue weighted by molar-refractivity contribution is 5.90. The summed E-state index contributed by atoms with van der Waals surface area (Å²) < 4.78 is 4.80. The van der Waals surface area contributed by atoms with Crippen molar-refractivity contribution in [2.45, 2.75) is 58.5 Å². The quantitative estimate of drug-likeness (QED) is 0.471. The number of benzene rings is 1. The number of carboxylic acids is 1. The Labute approximate surface area is 166 Å². The second-order valence-corrected chi connectivity index (χ2v) is 7.65. The molecule has 2 unspecified atom stereocenters. The number of rotatable bonds is 12. The summed E-state index contributed by atoms with van der Waals surface area (Å²) in [7, 11) is 1.26. The normalized spacial score (nSPS) is 13.4. The first-order chi connectivity index (χ1) is 13.2. The summed E-state index contributed by atoms with van der Waals surface area (Å²) >= 11 is 0. The number of ether oxygens (including phenoxy) is 1. The van der Waals surface area contributed by atoms with Crippen LogP contribution in [0.25, 0.3) is 0 Å². The van der Waals surface area contributed by atoms with Crippen molar-refractivity contribution in [2.75, 3.05) is 13.7 Å². The van der Waals surface area contributed by atoms with E-state index in [1.54, 1.807) is 0 Å². The van der Waals surface area contributed by atoms with E-state index in [4.69, 9.17) is 9.84 Å². The number of methoxy groups -OCH3 is 1. The SMILES string of the molecule is CCC(C)(C)CCNC(CC(=O)O)C(=O)NC(Cc1ccccc1)C(=O)OC. The van der Waals surface area contributed by atoms with E-state index in [0.717, 1.165) is 18.4 Å². The fraction of sp³-hybridized carbons (Fsp3) is 0.571. The zero-order valence-electron chi connectivity index (χ0n) is 17.2. The summed E-state index contributed by atoms with van der Waals surface area (Å²) in [4.78, 5) is 36.0. The number of hydrogen-bond acceptors (Lipinski definition) is 5. The van der Waals surface area contributed by atoms with Crippen LogP contribution in [0, 0.1) is 5.41 Å². The van der Waals surface area contributed by atoms with Gasteiger partial charge in [-0.3, -0.25) is 9.59 Å². The predicted octanol–water partition coefficient (Wildman–Crippen LogP) is 2.15. The number of amides is 1. The number of esters is 1. The van der Waals surface area contributed by atoms with E-state index in [9.17, 15) is 14.4 Å². The Bertz CT molecular complexity index is 645. The van der Waals surface area contributed by atoms with Crippen LogP contribution in [0.15, 0.2) is 30.3 Å². The van der Waals surface area contributed by atoms with Gasteiger partial charge in [0.2, 0.25) is 5.91 Å². The summed E-state index contributed by atoms with van der Waals surface area (Å²) in [5, 5.41) is 14.8. The fourth-order valence-electron chi connectivity index (χ4n) is 2.65. The van der Waals surface area contributed by atoms with Gasteiger partial charge in [0.15, 0.2) is 0 Å². The van der Waals surface area contributed by atoms with Gasteiger partial charge in [-0.25, -0.2) is 4.79 Å². The molecule has 7 nitrogen and oxygen atoms in total. The molecule has 0 heterocycles. The highest BCUT2D eigenvalue weighted by Gasteiger charge is 2.28. The molecule has 2 atom stereocenters. The molecular weight excluding hydrogens is 360 g/mol. The van der Waals surface area contributed by atoms with E-state index in [1.165, 1.54) is 7.11 Å². The average Bonchev–Trinajstić information content (AvgIpc) is 2.66. The Morgan fingerprint density at radius 1 is 1.14 bits per heavy atom. The molecule has 28 heavy (non-hydrogen) atoms. The summed E-state index contributed by atoms with van der Waals surface area (Å²) in [5.41, 5.74) is 0.963. The van der Waals surface area contributed by atoms with Gasteiger partial charge in [0.1, 0.15) is 6.04 Å². The molecule has 0 fully saturated rings. The lowest BCUT2D eigenvalue weighted by molar-refractivity contribution is -0.145.